The smallest absolute Gasteiger partial charge is 0.271 e. The third kappa shape index (κ3) is 2.39. The second-order valence-corrected chi connectivity index (χ2v) is 4.04. The molecule has 104 valence electrons. The van der Waals surface area contributed by atoms with Crippen LogP contribution in [0.3, 0.4) is 0 Å². The summed E-state index contributed by atoms with van der Waals surface area (Å²) in [4.78, 5) is 22.3. The zero-order valence-corrected chi connectivity index (χ0v) is 10.5. The molecule has 0 fully saturated rings. The van der Waals surface area contributed by atoms with Crippen LogP contribution < -0.4 is 5.73 Å². The molecule has 0 amide bonds. The topological polar surface area (TPSA) is 134 Å². The Morgan fingerprint density at radius 2 is 2.14 bits per heavy atom. The van der Waals surface area contributed by atoms with Crippen molar-refractivity contribution in [3.63, 3.8) is 0 Å². The van der Waals surface area contributed by atoms with E-state index in [0.717, 1.165) is 0 Å². The summed E-state index contributed by atoms with van der Waals surface area (Å²) in [5, 5.41) is 14.5. The predicted octanol–water partition coefficient (Wildman–Crippen LogP) is 1.68. The maximum Gasteiger partial charge on any atom is 0.271 e. The molecule has 0 unspecified atom stereocenters. The number of nitrogen functional groups attached to an aromatic ring is 1. The molecule has 0 radical (unpaired) electrons. The molecule has 9 nitrogen and oxygen atoms in total. The zero-order valence-electron chi connectivity index (χ0n) is 10.5. The summed E-state index contributed by atoms with van der Waals surface area (Å²) in [6, 6.07) is 4.01. The average Bonchev–Trinajstić information content (AvgIpc) is 2.97. The van der Waals surface area contributed by atoms with Crippen molar-refractivity contribution in [2.24, 2.45) is 0 Å². The first kappa shape index (κ1) is 12.7. The Morgan fingerprint density at radius 3 is 2.81 bits per heavy atom. The molecular weight excluding hydrogens is 276 g/mol. The summed E-state index contributed by atoms with van der Waals surface area (Å²) in [6.45, 7) is 0. The molecule has 9 heteroatoms. The van der Waals surface area contributed by atoms with Gasteiger partial charge in [0.2, 0.25) is 5.82 Å². The van der Waals surface area contributed by atoms with Crippen molar-refractivity contribution in [1.29, 1.82) is 0 Å². The summed E-state index contributed by atoms with van der Waals surface area (Å²) in [6.07, 6.45) is 4.53. The van der Waals surface area contributed by atoms with Crippen molar-refractivity contribution in [2.75, 3.05) is 5.73 Å². The lowest BCUT2D eigenvalue weighted by Gasteiger charge is -1.99. The summed E-state index contributed by atoms with van der Waals surface area (Å²) in [5.74, 6) is 0.416. The van der Waals surface area contributed by atoms with Gasteiger partial charge >= 0.3 is 0 Å². The zero-order chi connectivity index (χ0) is 14.8. The van der Waals surface area contributed by atoms with E-state index in [0.29, 0.717) is 11.3 Å². The Labute approximate surface area is 117 Å². The summed E-state index contributed by atoms with van der Waals surface area (Å²) in [5.41, 5.74) is 6.72. The summed E-state index contributed by atoms with van der Waals surface area (Å²) < 4.78 is 5.11. The van der Waals surface area contributed by atoms with Gasteiger partial charge in [-0.1, -0.05) is 5.16 Å². The monoisotopic (exact) mass is 284 g/mol. The number of aromatic nitrogens is 4. The van der Waals surface area contributed by atoms with Gasteiger partial charge in [-0.3, -0.25) is 15.1 Å². The molecular formula is C12H8N6O3. The highest BCUT2D eigenvalue weighted by molar-refractivity contribution is 5.73. The predicted molar refractivity (Wildman–Crippen MR) is 71.8 cm³/mol. The highest BCUT2D eigenvalue weighted by Gasteiger charge is 2.16. The van der Waals surface area contributed by atoms with Crippen molar-refractivity contribution >= 4 is 11.4 Å². The van der Waals surface area contributed by atoms with E-state index in [9.17, 15) is 10.1 Å². The van der Waals surface area contributed by atoms with E-state index in [1.54, 1.807) is 0 Å². The van der Waals surface area contributed by atoms with Crippen LogP contribution >= 0.6 is 0 Å². The van der Waals surface area contributed by atoms with Crippen LogP contribution in [0.25, 0.3) is 23.0 Å². The third-order valence-corrected chi connectivity index (χ3v) is 2.69. The van der Waals surface area contributed by atoms with E-state index in [-0.39, 0.29) is 23.1 Å². The van der Waals surface area contributed by atoms with Gasteiger partial charge in [0.1, 0.15) is 5.69 Å². The number of non-ortho nitro benzene ring substituents is 1. The molecule has 0 atom stereocenters. The van der Waals surface area contributed by atoms with Crippen molar-refractivity contribution in [2.45, 2.75) is 0 Å². The van der Waals surface area contributed by atoms with Crippen molar-refractivity contribution in [3.8, 4) is 23.0 Å². The van der Waals surface area contributed by atoms with Crippen LogP contribution in [-0.4, -0.2) is 25.0 Å². The van der Waals surface area contributed by atoms with Gasteiger partial charge in [-0.25, -0.2) is 4.98 Å². The number of nitrogens with zero attached hydrogens (tertiary/aromatic N) is 5. The van der Waals surface area contributed by atoms with E-state index >= 15 is 0 Å². The number of hydrogen-bond donors (Lipinski definition) is 1. The standard InChI is InChI=1S/C12H8N6O3/c13-9-5-7(18(19)20)1-2-8(9)12-16-11(17-21-12)10-6-14-3-4-15-10/h1-6H,13H2. The minimum Gasteiger partial charge on any atom is -0.398 e. The van der Waals surface area contributed by atoms with E-state index in [1.165, 1.54) is 36.8 Å². The first-order valence-corrected chi connectivity index (χ1v) is 5.79. The number of anilines is 1. The molecule has 0 saturated carbocycles. The average molecular weight is 284 g/mol. The molecule has 0 bridgehead atoms. The maximum absolute atomic E-state index is 10.7. The third-order valence-electron chi connectivity index (χ3n) is 2.69. The van der Waals surface area contributed by atoms with Gasteiger partial charge < -0.3 is 10.3 Å². The van der Waals surface area contributed by atoms with Crippen LogP contribution in [0.4, 0.5) is 11.4 Å². The van der Waals surface area contributed by atoms with Crippen LogP contribution in [0, 0.1) is 10.1 Å². The number of rotatable bonds is 3. The number of nitro benzene ring substituents is 1. The number of hydrogen-bond acceptors (Lipinski definition) is 8. The first-order chi connectivity index (χ1) is 10.1. The molecule has 3 aromatic rings. The second-order valence-electron chi connectivity index (χ2n) is 4.04. The largest absolute Gasteiger partial charge is 0.398 e. The first-order valence-electron chi connectivity index (χ1n) is 5.79. The summed E-state index contributed by atoms with van der Waals surface area (Å²) >= 11 is 0. The number of nitrogens with two attached hydrogens (primary N) is 1. The molecule has 2 N–H and O–H groups in total. The Kier molecular flexibility index (Phi) is 2.99. The molecule has 2 aromatic heterocycles. The van der Waals surface area contributed by atoms with Gasteiger partial charge in [-0.05, 0) is 6.07 Å². The van der Waals surface area contributed by atoms with Gasteiger partial charge in [0.05, 0.1) is 22.4 Å². The highest BCUT2D eigenvalue weighted by atomic mass is 16.6. The van der Waals surface area contributed by atoms with Crippen LogP contribution in [0.2, 0.25) is 0 Å². The molecule has 2 heterocycles. The fraction of sp³-hybridized carbons (Fsp3) is 0. The minimum absolute atomic E-state index is 0.107. The lowest BCUT2D eigenvalue weighted by molar-refractivity contribution is -0.384. The highest BCUT2D eigenvalue weighted by Crippen LogP contribution is 2.29. The van der Waals surface area contributed by atoms with Gasteiger partial charge in [-0.2, -0.15) is 4.98 Å². The normalized spacial score (nSPS) is 10.5. The lowest BCUT2D eigenvalue weighted by Crippen LogP contribution is -1.94. The fourth-order valence-corrected chi connectivity index (χ4v) is 1.71. The van der Waals surface area contributed by atoms with Gasteiger partial charge in [0.15, 0.2) is 0 Å². The van der Waals surface area contributed by atoms with Crippen LogP contribution in [0.15, 0.2) is 41.3 Å². The van der Waals surface area contributed by atoms with Gasteiger partial charge in [-0.15, -0.1) is 0 Å². The molecule has 0 saturated heterocycles. The van der Waals surface area contributed by atoms with Crippen LogP contribution in [-0.2, 0) is 0 Å². The number of nitro groups is 1. The van der Waals surface area contributed by atoms with E-state index in [1.807, 2.05) is 0 Å². The van der Waals surface area contributed by atoms with E-state index in [2.05, 4.69) is 20.1 Å². The van der Waals surface area contributed by atoms with Gasteiger partial charge in [0, 0.05) is 24.5 Å². The quantitative estimate of drug-likeness (QED) is 0.436. The Hall–Kier alpha value is -3.36. The maximum atomic E-state index is 10.7. The lowest BCUT2D eigenvalue weighted by atomic mass is 10.1. The Balaban J connectivity index is 1.99. The second kappa shape index (κ2) is 4.96. The molecule has 3 rings (SSSR count). The molecule has 0 aliphatic rings. The Bertz CT molecular complexity index is 802. The van der Waals surface area contributed by atoms with Crippen LogP contribution in [0.1, 0.15) is 0 Å². The molecule has 0 aliphatic heterocycles. The van der Waals surface area contributed by atoms with Crippen molar-refractivity contribution in [1.82, 2.24) is 20.1 Å². The molecule has 1 aromatic carbocycles. The SMILES string of the molecule is Nc1cc([N+](=O)[O-])ccc1-c1nc(-c2cnccn2)no1. The van der Waals surface area contributed by atoms with E-state index in [4.69, 9.17) is 10.3 Å². The molecule has 0 aliphatic carbocycles. The van der Waals surface area contributed by atoms with Crippen molar-refractivity contribution < 1.29 is 9.45 Å². The van der Waals surface area contributed by atoms with Gasteiger partial charge in [0.25, 0.3) is 11.6 Å². The number of benzene rings is 1. The van der Waals surface area contributed by atoms with Crippen LogP contribution in [0.5, 0.6) is 0 Å². The Morgan fingerprint density at radius 1 is 1.29 bits per heavy atom. The molecule has 21 heavy (non-hydrogen) atoms. The van der Waals surface area contributed by atoms with Crippen molar-refractivity contribution in [3.05, 3.63) is 46.9 Å². The summed E-state index contributed by atoms with van der Waals surface area (Å²) in [7, 11) is 0. The molecule has 0 spiro atoms. The van der Waals surface area contributed by atoms with E-state index < -0.39 is 4.92 Å². The fourth-order valence-electron chi connectivity index (χ4n) is 1.71. The minimum atomic E-state index is -0.529.